The van der Waals surface area contributed by atoms with E-state index < -0.39 is 5.82 Å². The molecular weight excluding hydrogens is 474 g/mol. The van der Waals surface area contributed by atoms with Gasteiger partial charge in [0.1, 0.15) is 23.1 Å². The van der Waals surface area contributed by atoms with E-state index in [0.717, 1.165) is 0 Å². The molecule has 0 saturated carbocycles. The SMILES string of the molecule is C[C@@H]1CN(c2cc(=O)n(C)c3ccc(C#N)nc23)[C@@H](C)CN1Cc1nccc(-c2ccc(F)cc2)c1F. The van der Waals surface area contributed by atoms with Crippen LogP contribution in [0.5, 0.6) is 0 Å². The maximum Gasteiger partial charge on any atom is 0.252 e. The first-order valence-electron chi connectivity index (χ1n) is 12.1. The number of hydrogen-bond donors (Lipinski definition) is 0. The first-order valence-corrected chi connectivity index (χ1v) is 12.1. The standard InChI is InChI=1S/C28H26F2N6O/c1-17-15-36(25-12-26(37)34(3)24-9-8-21(13-31)33-28(24)25)18(2)14-35(17)16-23-27(30)22(10-11-32-23)19-4-6-20(29)7-5-19/h4-12,17-18H,14-16H2,1-3H3/t17-,18+/m1/s1. The number of benzene rings is 1. The number of aromatic nitrogens is 3. The van der Waals surface area contributed by atoms with Crippen molar-refractivity contribution in [3.8, 4) is 17.2 Å². The molecule has 0 N–H and O–H groups in total. The van der Waals surface area contributed by atoms with Crippen molar-refractivity contribution < 1.29 is 8.78 Å². The van der Waals surface area contributed by atoms with Gasteiger partial charge in [-0.2, -0.15) is 5.26 Å². The Kier molecular flexibility index (Phi) is 6.44. The highest BCUT2D eigenvalue weighted by molar-refractivity contribution is 5.89. The lowest BCUT2D eigenvalue weighted by Gasteiger charge is -2.45. The molecule has 9 heteroatoms. The third kappa shape index (κ3) is 4.56. The molecule has 1 fully saturated rings. The van der Waals surface area contributed by atoms with Gasteiger partial charge in [0.05, 0.1) is 16.9 Å². The molecule has 3 aromatic heterocycles. The van der Waals surface area contributed by atoms with Crippen LogP contribution in [0.15, 0.2) is 59.5 Å². The third-order valence-electron chi connectivity index (χ3n) is 7.08. The summed E-state index contributed by atoms with van der Waals surface area (Å²) in [6, 6.07) is 14.3. The van der Waals surface area contributed by atoms with Crippen LogP contribution in [0.25, 0.3) is 22.2 Å². The normalized spacial score (nSPS) is 18.2. The molecule has 1 saturated heterocycles. The van der Waals surface area contributed by atoms with Gasteiger partial charge in [0, 0.05) is 56.6 Å². The van der Waals surface area contributed by atoms with Crippen LogP contribution in [0, 0.1) is 23.0 Å². The van der Waals surface area contributed by atoms with Gasteiger partial charge in [-0.25, -0.2) is 13.8 Å². The Labute approximate surface area is 213 Å². The number of piperazine rings is 1. The number of fused-ring (bicyclic) bond motifs is 1. The molecule has 1 aliphatic heterocycles. The molecule has 7 nitrogen and oxygen atoms in total. The van der Waals surface area contributed by atoms with E-state index in [2.05, 4.69) is 39.7 Å². The first kappa shape index (κ1) is 24.5. The highest BCUT2D eigenvalue weighted by Crippen LogP contribution is 2.30. The van der Waals surface area contributed by atoms with E-state index in [1.165, 1.54) is 16.7 Å². The Morgan fingerprint density at radius 2 is 1.81 bits per heavy atom. The average Bonchev–Trinajstić information content (AvgIpc) is 2.89. The van der Waals surface area contributed by atoms with E-state index in [9.17, 15) is 14.4 Å². The lowest BCUT2D eigenvalue weighted by molar-refractivity contribution is 0.154. The molecule has 0 bridgehead atoms. The number of anilines is 1. The van der Waals surface area contributed by atoms with Crippen molar-refractivity contribution in [2.75, 3.05) is 18.0 Å². The second-order valence-corrected chi connectivity index (χ2v) is 9.51. The van der Waals surface area contributed by atoms with E-state index in [1.807, 2.05) is 0 Å². The number of nitrogens with zero attached hydrogens (tertiary/aromatic N) is 6. The molecule has 0 spiro atoms. The van der Waals surface area contributed by atoms with Gasteiger partial charge in [0.15, 0.2) is 5.82 Å². The number of halogens is 2. The molecule has 4 heterocycles. The molecular formula is C28H26F2N6O. The quantitative estimate of drug-likeness (QED) is 0.417. The molecule has 4 aromatic rings. The predicted molar refractivity (Wildman–Crippen MR) is 138 cm³/mol. The van der Waals surface area contributed by atoms with Gasteiger partial charge in [-0.15, -0.1) is 0 Å². The predicted octanol–water partition coefficient (Wildman–Crippen LogP) is 4.24. The summed E-state index contributed by atoms with van der Waals surface area (Å²) < 4.78 is 30.3. The summed E-state index contributed by atoms with van der Waals surface area (Å²) in [6.45, 7) is 5.61. The van der Waals surface area contributed by atoms with Crippen molar-refractivity contribution in [3.63, 3.8) is 0 Å². The van der Waals surface area contributed by atoms with Crippen LogP contribution < -0.4 is 10.5 Å². The number of rotatable bonds is 4. The fraction of sp³-hybridized carbons (Fsp3) is 0.286. The van der Waals surface area contributed by atoms with Crippen LogP contribution in [0.4, 0.5) is 14.5 Å². The van der Waals surface area contributed by atoms with Crippen LogP contribution in [-0.2, 0) is 13.6 Å². The Morgan fingerprint density at radius 3 is 2.54 bits per heavy atom. The largest absolute Gasteiger partial charge is 0.364 e. The zero-order valence-corrected chi connectivity index (χ0v) is 20.8. The summed E-state index contributed by atoms with van der Waals surface area (Å²) in [7, 11) is 1.69. The van der Waals surface area contributed by atoms with Crippen LogP contribution in [0.1, 0.15) is 25.2 Å². The molecule has 1 aliphatic rings. The Morgan fingerprint density at radius 1 is 1.05 bits per heavy atom. The second kappa shape index (κ2) is 9.71. The van der Waals surface area contributed by atoms with E-state index >= 15 is 4.39 Å². The van der Waals surface area contributed by atoms with Crippen LogP contribution in [0.2, 0.25) is 0 Å². The lowest BCUT2D eigenvalue weighted by atomic mass is 10.0. The Balaban J connectivity index is 1.43. The summed E-state index contributed by atoms with van der Waals surface area (Å²) in [6.07, 6.45) is 1.58. The smallest absolute Gasteiger partial charge is 0.252 e. The van der Waals surface area contributed by atoms with E-state index in [-0.39, 0.29) is 29.2 Å². The van der Waals surface area contributed by atoms with Gasteiger partial charge in [0.25, 0.3) is 5.56 Å². The maximum atomic E-state index is 15.4. The lowest BCUT2D eigenvalue weighted by Crippen LogP contribution is -2.56. The number of pyridine rings is 3. The summed E-state index contributed by atoms with van der Waals surface area (Å²) in [4.78, 5) is 25.8. The van der Waals surface area contributed by atoms with Gasteiger partial charge in [-0.3, -0.25) is 14.7 Å². The zero-order chi connectivity index (χ0) is 26.3. The van der Waals surface area contributed by atoms with Crippen molar-refractivity contribution in [1.82, 2.24) is 19.4 Å². The van der Waals surface area contributed by atoms with Crippen molar-refractivity contribution in [2.24, 2.45) is 7.05 Å². The fourth-order valence-electron chi connectivity index (χ4n) is 4.99. The summed E-state index contributed by atoms with van der Waals surface area (Å²) >= 11 is 0. The minimum atomic E-state index is -0.415. The van der Waals surface area contributed by atoms with Gasteiger partial charge < -0.3 is 9.47 Å². The number of nitriles is 1. The average molecular weight is 501 g/mol. The highest BCUT2D eigenvalue weighted by Gasteiger charge is 2.32. The monoisotopic (exact) mass is 500 g/mol. The molecule has 1 aromatic carbocycles. The highest BCUT2D eigenvalue weighted by atomic mass is 19.1. The molecule has 0 radical (unpaired) electrons. The van der Waals surface area contributed by atoms with Gasteiger partial charge in [-0.1, -0.05) is 12.1 Å². The van der Waals surface area contributed by atoms with E-state index in [0.29, 0.717) is 53.2 Å². The topological polar surface area (TPSA) is 78.0 Å². The summed E-state index contributed by atoms with van der Waals surface area (Å²) in [5.41, 5.74) is 3.40. The minimum Gasteiger partial charge on any atom is -0.364 e. The number of aryl methyl sites for hydroxylation is 1. The molecule has 37 heavy (non-hydrogen) atoms. The minimum absolute atomic E-state index is 0.0117. The van der Waals surface area contributed by atoms with Crippen LogP contribution in [-0.4, -0.2) is 44.6 Å². The van der Waals surface area contributed by atoms with Crippen molar-refractivity contribution in [3.05, 3.63) is 88.1 Å². The Bertz CT molecular complexity index is 1580. The first-order chi connectivity index (χ1) is 17.8. The Hall–Kier alpha value is -4.16. The molecule has 0 amide bonds. The van der Waals surface area contributed by atoms with E-state index in [1.54, 1.807) is 49.6 Å². The number of hydrogen-bond acceptors (Lipinski definition) is 6. The maximum absolute atomic E-state index is 15.4. The van der Waals surface area contributed by atoms with Crippen molar-refractivity contribution in [1.29, 1.82) is 5.26 Å². The van der Waals surface area contributed by atoms with Crippen molar-refractivity contribution in [2.45, 2.75) is 32.5 Å². The fourth-order valence-corrected chi connectivity index (χ4v) is 4.99. The van der Waals surface area contributed by atoms with Crippen molar-refractivity contribution >= 4 is 16.7 Å². The molecule has 0 unspecified atom stereocenters. The molecule has 188 valence electrons. The molecule has 0 aliphatic carbocycles. The summed E-state index contributed by atoms with van der Waals surface area (Å²) in [5.74, 6) is -0.788. The third-order valence-corrected chi connectivity index (χ3v) is 7.08. The van der Waals surface area contributed by atoms with Gasteiger partial charge in [-0.05, 0) is 49.7 Å². The summed E-state index contributed by atoms with van der Waals surface area (Å²) in [5, 5.41) is 9.36. The van der Waals surface area contributed by atoms with Gasteiger partial charge in [0.2, 0.25) is 0 Å². The van der Waals surface area contributed by atoms with E-state index in [4.69, 9.17) is 0 Å². The molecule has 2 atom stereocenters. The second-order valence-electron chi connectivity index (χ2n) is 9.51. The van der Waals surface area contributed by atoms with Crippen LogP contribution in [0.3, 0.4) is 0 Å². The van der Waals surface area contributed by atoms with Gasteiger partial charge >= 0.3 is 0 Å². The zero-order valence-electron chi connectivity index (χ0n) is 20.8. The molecule has 5 rings (SSSR count). The van der Waals surface area contributed by atoms with Crippen LogP contribution >= 0.6 is 0 Å².